The quantitative estimate of drug-likeness (QED) is 0.867. The number of nitrogens with one attached hydrogen (secondary N) is 2. The van der Waals surface area contributed by atoms with Gasteiger partial charge in [0.05, 0.1) is 11.8 Å². The first-order valence-electron chi connectivity index (χ1n) is 6.81. The summed E-state index contributed by atoms with van der Waals surface area (Å²) in [5.41, 5.74) is 0.546. The number of benzene rings is 1. The third kappa shape index (κ3) is 3.79. The van der Waals surface area contributed by atoms with E-state index < -0.39 is 0 Å². The van der Waals surface area contributed by atoms with Gasteiger partial charge in [0.15, 0.2) is 0 Å². The van der Waals surface area contributed by atoms with Crippen molar-refractivity contribution < 1.29 is 14.0 Å². The van der Waals surface area contributed by atoms with Crippen LogP contribution in [0.5, 0.6) is 0 Å². The molecule has 1 aliphatic carbocycles. The van der Waals surface area contributed by atoms with E-state index in [0.717, 1.165) is 0 Å². The summed E-state index contributed by atoms with van der Waals surface area (Å²) in [5, 5.41) is 5.53. The predicted octanol–water partition coefficient (Wildman–Crippen LogP) is 2.17. The van der Waals surface area contributed by atoms with Crippen LogP contribution in [0, 0.1) is 23.6 Å². The number of carbonyl (C=O) groups is 2. The van der Waals surface area contributed by atoms with Gasteiger partial charge in [-0.2, -0.15) is 0 Å². The lowest BCUT2D eigenvalue weighted by Crippen LogP contribution is -2.30. The maximum absolute atomic E-state index is 12.7. The van der Waals surface area contributed by atoms with Gasteiger partial charge in [0.1, 0.15) is 5.82 Å². The van der Waals surface area contributed by atoms with E-state index in [-0.39, 0.29) is 29.5 Å². The summed E-state index contributed by atoms with van der Waals surface area (Å²) < 4.78 is 12.7. The average Bonchev–Trinajstić information content (AvgIpc) is 3.19. The topological polar surface area (TPSA) is 58.2 Å². The van der Waals surface area contributed by atoms with Crippen molar-refractivity contribution in [3.8, 4) is 0 Å². The second-order valence-electron chi connectivity index (χ2n) is 5.58. The SMILES string of the molecule is CC(C)CNC(=O)C1CC1C(=O)Nc1ccc(F)cc1. The molecule has 0 aromatic heterocycles. The first-order valence-corrected chi connectivity index (χ1v) is 6.81. The van der Waals surface area contributed by atoms with E-state index in [9.17, 15) is 14.0 Å². The van der Waals surface area contributed by atoms with Gasteiger partial charge in [-0.05, 0) is 36.6 Å². The Hall–Kier alpha value is -1.91. The number of rotatable bonds is 5. The van der Waals surface area contributed by atoms with Gasteiger partial charge in [-0.15, -0.1) is 0 Å². The molecule has 0 heterocycles. The molecule has 2 atom stereocenters. The van der Waals surface area contributed by atoms with Crippen LogP contribution in [-0.2, 0) is 9.59 Å². The fourth-order valence-electron chi connectivity index (χ4n) is 1.98. The summed E-state index contributed by atoms with van der Waals surface area (Å²) in [4.78, 5) is 23.7. The molecule has 1 aliphatic rings. The summed E-state index contributed by atoms with van der Waals surface area (Å²) in [5.74, 6) is -0.690. The van der Waals surface area contributed by atoms with Crippen molar-refractivity contribution >= 4 is 17.5 Å². The smallest absolute Gasteiger partial charge is 0.228 e. The van der Waals surface area contributed by atoms with Crippen molar-refractivity contribution in [1.29, 1.82) is 0 Å². The van der Waals surface area contributed by atoms with Crippen molar-refractivity contribution in [1.82, 2.24) is 5.32 Å². The van der Waals surface area contributed by atoms with Gasteiger partial charge in [0, 0.05) is 12.2 Å². The van der Waals surface area contributed by atoms with Gasteiger partial charge in [-0.3, -0.25) is 9.59 Å². The van der Waals surface area contributed by atoms with Crippen LogP contribution in [0.1, 0.15) is 20.3 Å². The maximum Gasteiger partial charge on any atom is 0.228 e. The Morgan fingerprint density at radius 2 is 1.80 bits per heavy atom. The van der Waals surface area contributed by atoms with Crippen LogP contribution in [0.4, 0.5) is 10.1 Å². The lowest BCUT2D eigenvalue weighted by molar-refractivity contribution is -0.125. The molecule has 1 saturated carbocycles. The van der Waals surface area contributed by atoms with E-state index in [0.29, 0.717) is 24.6 Å². The first-order chi connectivity index (χ1) is 9.47. The summed E-state index contributed by atoms with van der Waals surface area (Å²) in [7, 11) is 0. The minimum Gasteiger partial charge on any atom is -0.356 e. The lowest BCUT2D eigenvalue weighted by atomic mass is 10.2. The molecular formula is C15H19FN2O2. The molecule has 0 spiro atoms. The maximum atomic E-state index is 12.7. The van der Waals surface area contributed by atoms with Crippen LogP contribution in [0.2, 0.25) is 0 Å². The number of halogens is 1. The Morgan fingerprint density at radius 1 is 1.20 bits per heavy atom. The van der Waals surface area contributed by atoms with Crippen LogP contribution in [-0.4, -0.2) is 18.4 Å². The minimum atomic E-state index is -0.347. The Morgan fingerprint density at radius 3 is 2.40 bits per heavy atom. The summed E-state index contributed by atoms with van der Waals surface area (Å²) in [6.07, 6.45) is 0.580. The molecule has 108 valence electrons. The zero-order valence-electron chi connectivity index (χ0n) is 11.7. The zero-order valence-corrected chi connectivity index (χ0v) is 11.7. The fraction of sp³-hybridized carbons (Fsp3) is 0.467. The molecule has 0 saturated heterocycles. The van der Waals surface area contributed by atoms with Gasteiger partial charge in [0.25, 0.3) is 0 Å². The molecule has 0 aliphatic heterocycles. The van der Waals surface area contributed by atoms with Crippen LogP contribution in [0.3, 0.4) is 0 Å². The Balaban J connectivity index is 1.81. The largest absolute Gasteiger partial charge is 0.356 e. The molecule has 0 radical (unpaired) electrons. The molecule has 5 heteroatoms. The summed E-state index contributed by atoms with van der Waals surface area (Å²) >= 11 is 0. The van der Waals surface area contributed by atoms with Crippen LogP contribution in [0.15, 0.2) is 24.3 Å². The molecule has 4 nitrogen and oxygen atoms in total. The van der Waals surface area contributed by atoms with Gasteiger partial charge < -0.3 is 10.6 Å². The second kappa shape index (κ2) is 6.03. The fourth-order valence-corrected chi connectivity index (χ4v) is 1.98. The van der Waals surface area contributed by atoms with Gasteiger partial charge >= 0.3 is 0 Å². The Kier molecular flexibility index (Phi) is 4.37. The van der Waals surface area contributed by atoms with Crippen molar-refractivity contribution in [2.75, 3.05) is 11.9 Å². The molecule has 1 fully saturated rings. The molecule has 2 amide bonds. The molecule has 1 aromatic rings. The Bertz CT molecular complexity index is 499. The van der Waals surface area contributed by atoms with Crippen LogP contribution < -0.4 is 10.6 Å². The van der Waals surface area contributed by atoms with Gasteiger partial charge in [0.2, 0.25) is 11.8 Å². The minimum absolute atomic E-state index is 0.0574. The van der Waals surface area contributed by atoms with Crippen LogP contribution in [0.25, 0.3) is 0 Å². The number of amides is 2. The van der Waals surface area contributed by atoms with E-state index in [2.05, 4.69) is 10.6 Å². The van der Waals surface area contributed by atoms with E-state index in [1.54, 1.807) is 0 Å². The lowest BCUT2D eigenvalue weighted by Gasteiger charge is -2.07. The second-order valence-corrected chi connectivity index (χ2v) is 5.58. The van der Waals surface area contributed by atoms with E-state index in [1.807, 2.05) is 13.8 Å². The van der Waals surface area contributed by atoms with Gasteiger partial charge in [-0.25, -0.2) is 4.39 Å². The average molecular weight is 278 g/mol. The third-order valence-electron chi connectivity index (χ3n) is 3.26. The highest BCUT2D eigenvalue weighted by molar-refractivity contribution is 5.99. The highest BCUT2D eigenvalue weighted by atomic mass is 19.1. The zero-order chi connectivity index (χ0) is 14.7. The normalized spacial score (nSPS) is 20.6. The standard InChI is InChI=1S/C15H19FN2O2/c1-9(2)8-17-14(19)12-7-13(12)15(20)18-11-5-3-10(16)4-6-11/h3-6,9,12-13H,7-8H2,1-2H3,(H,17,19)(H,18,20). The molecule has 2 unspecified atom stereocenters. The monoisotopic (exact) mass is 278 g/mol. The van der Waals surface area contributed by atoms with E-state index in [4.69, 9.17) is 0 Å². The number of carbonyl (C=O) groups excluding carboxylic acids is 2. The summed E-state index contributed by atoms with van der Waals surface area (Å²) in [6, 6.07) is 5.58. The van der Waals surface area contributed by atoms with Crippen molar-refractivity contribution in [3.63, 3.8) is 0 Å². The molecule has 0 bridgehead atoms. The highest BCUT2D eigenvalue weighted by Gasteiger charge is 2.47. The number of anilines is 1. The number of hydrogen-bond donors (Lipinski definition) is 2. The highest BCUT2D eigenvalue weighted by Crippen LogP contribution is 2.39. The van der Waals surface area contributed by atoms with Gasteiger partial charge in [-0.1, -0.05) is 13.8 Å². The predicted molar refractivity (Wildman–Crippen MR) is 74.5 cm³/mol. The molecule has 2 N–H and O–H groups in total. The van der Waals surface area contributed by atoms with Crippen molar-refractivity contribution in [2.24, 2.45) is 17.8 Å². The van der Waals surface area contributed by atoms with Crippen molar-refractivity contribution in [2.45, 2.75) is 20.3 Å². The Labute approximate surface area is 117 Å². The first kappa shape index (κ1) is 14.5. The summed E-state index contributed by atoms with van der Waals surface area (Å²) in [6.45, 7) is 4.67. The molecule has 20 heavy (non-hydrogen) atoms. The van der Waals surface area contributed by atoms with E-state index >= 15 is 0 Å². The molecule has 2 rings (SSSR count). The molecule has 1 aromatic carbocycles. The number of hydrogen-bond acceptors (Lipinski definition) is 2. The van der Waals surface area contributed by atoms with Crippen LogP contribution >= 0.6 is 0 Å². The van der Waals surface area contributed by atoms with E-state index in [1.165, 1.54) is 24.3 Å². The van der Waals surface area contributed by atoms with Crippen molar-refractivity contribution in [3.05, 3.63) is 30.1 Å². The molecular weight excluding hydrogens is 259 g/mol. The third-order valence-corrected chi connectivity index (χ3v) is 3.26.